The van der Waals surface area contributed by atoms with E-state index in [0.29, 0.717) is 63.2 Å². The molecule has 2 aliphatic carbocycles. The van der Waals surface area contributed by atoms with Gasteiger partial charge in [-0.05, 0) is 68.6 Å². The lowest BCUT2D eigenvalue weighted by molar-refractivity contribution is -0.145. The summed E-state index contributed by atoms with van der Waals surface area (Å²) in [6, 6.07) is 5.36. The summed E-state index contributed by atoms with van der Waals surface area (Å²) in [5, 5.41) is 22.0. The Bertz CT molecular complexity index is 2980. The minimum absolute atomic E-state index is 0.0140. The Labute approximate surface area is 471 Å². The van der Waals surface area contributed by atoms with Crippen molar-refractivity contribution in [3.8, 4) is 21.9 Å². The SMILES string of the molecule is COc1cc(C(=O)NC2CCN(CCOCCOc3cc(-c4scnc4C)ccc3CNC(=O)[C@@H]3C[C@@H](O)CN3C(=O)[C@@H](NC(=O)C3(F)CC3)C(C)(C)C)CC2)c(F)cc1Nc1ncc2c(n1)N(C1CCCC1)CC(F)(F)C(=O)N2C. The van der Waals surface area contributed by atoms with Gasteiger partial charge >= 0.3 is 5.92 Å². The number of rotatable bonds is 20. The number of aryl methyl sites for hydroxylation is 1. The Balaban J connectivity index is 0.746. The van der Waals surface area contributed by atoms with Crippen LogP contribution in [0.5, 0.6) is 11.5 Å². The molecule has 5 heterocycles. The maximum absolute atomic E-state index is 15.8. The first-order valence-corrected chi connectivity index (χ1v) is 28.4. The third kappa shape index (κ3) is 13.5. The molecule has 9 rings (SSSR count). The molecule has 81 heavy (non-hydrogen) atoms. The summed E-state index contributed by atoms with van der Waals surface area (Å²) in [5.41, 5.74) is 1.30. The number of carbonyl (C=O) groups is 5. The van der Waals surface area contributed by atoms with Crippen LogP contribution >= 0.6 is 11.3 Å². The largest absolute Gasteiger partial charge is 0.495 e. The van der Waals surface area contributed by atoms with E-state index >= 15 is 13.2 Å². The van der Waals surface area contributed by atoms with Crippen LogP contribution in [0.25, 0.3) is 10.4 Å². The molecule has 2 aromatic heterocycles. The summed E-state index contributed by atoms with van der Waals surface area (Å²) in [6.45, 7) is 8.95. The van der Waals surface area contributed by atoms with Crippen LogP contribution in [0.4, 0.5) is 40.7 Å². The maximum atomic E-state index is 15.8. The topological polar surface area (TPSA) is 233 Å². The van der Waals surface area contributed by atoms with E-state index in [0.717, 1.165) is 39.9 Å². The number of amides is 5. The molecule has 2 saturated heterocycles. The van der Waals surface area contributed by atoms with E-state index in [1.165, 1.54) is 47.6 Å². The minimum Gasteiger partial charge on any atom is -0.495 e. The first kappa shape index (κ1) is 58.9. The second-order valence-corrected chi connectivity index (χ2v) is 23.5. The van der Waals surface area contributed by atoms with Gasteiger partial charge in [-0.25, -0.2) is 18.7 Å². The molecule has 4 aromatic rings. The number of aliphatic hydroxyl groups is 1. The number of nitrogens with one attached hydrogen (secondary N) is 4. The number of fused-ring (bicyclic) bond motifs is 1. The summed E-state index contributed by atoms with van der Waals surface area (Å²) in [7, 11) is 2.62. The highest BCUT2D eigenvalue weighted by Gasteiger charge is 2.54. The Morgan fingerprint density at radius 3 is 2.40 bits per heavy atom. The van der Waals surface area contributed by atoms with Gasteiger partial charge in [-0.2, -0.15) is 13.8 Å². The lowest BCUT2D eigenvalue weighted by atomic mass is 9.85. The number of carbonyl (C=O) groups excluding carboxylic acids is 5. The zero-order chi connectivity index (χ0) is 58.0. The quantitative estimate of drug-likeness (QED) is 0.0500. The zero-order valence-electron chi connectivity index (χ0n) is 46.4. The van der Waals surface area contributed by atoms with Gasteiger partial charge in [0.05, 0.1) is 66.5 Å². The molecule has 5 aliphatic rings. The van der Waals surface area contributed by atoms with E-state index < -0.39 is 77.1 Å². The summed E-state index contributed by atoms with van der Waals surface area (Å²) in [5.74, 6) is -7.66. The highest BCUT2D eigenvalue weighted by Crippen LogP contribution is 2.42. The molecule has 25 heteroatoms. The van der Waals surface area contributed by atoms with Gasteiger partial charge < -0.3 is 60.2 Å². The molecule has 3 atom stereocenters. The van der Waals surface area contributed by atoms with Gasteiger partial charge in [0.15, 0.2) is 11.5 Å². The van der Waals surface area contributed by atoms with Crippen LogP contribution in [0.1, 0.15) is 100 Å². The number of thiazole rings is 1. The fraction of sp³-hybridized carbons (Fsp3) is 0.571. The van der Waals surface area contributed by atoms with Crippen molar-refractivity contribution in [2.45, 2.75) is 134 Å². The molecule has 0 unspecified atom stereocenters. The number of β-amino-alcohol motifs (C(OH)–C–C–N with tert-alkyl or cyclic N) is 1. The van der Waals surface area contributed by atoms with Crippen molar-refractivity contribution in [1.82, 2.24) is 40.7 Å². The average Bonchev–Trinajstić information content (AvgIpc) is 3.99. The molecule has 2 aromatic carbocycles. The van der Waals surface area contributed by atoms with Crippen LogP contribution in [-0.2, 0) is 30.5 Å². The Morgan fingerprint density at radius 2 is 1.72 bits per heavy atom. The number of likely N-dealkylation sites (tertiary alicyclic amines) is 2. The van der Waals surface area contributed by atoms with E-state index in [-0.39, 0.29) is 92.1 Å². The molecule has 0 radical (unpaired) electrons. The molecule has 438 valence electrons. The van der Waals surface area contributed by atoms with E-state index in [2.05, 4.69) is 41.1 Å². The number of methoxy groups -OCH3 is 1. The molecule has 5 amide bonds. The van der Waals surface area contributed by atoms with Crippen LogP contribution in [0.15, 0.2) is 42.0 Å². The van der Waals surface area contributed by atoms with E-state index in [1.807, 2.05) is 25.1 Å². The number of aromatic nitrogens is 3. The number of aliphatic hydroxyl groups excluding tert-OH is 1. The van der Waals surface area contributed by atoms with Gasteiger partial charge in [-0.15, -0.1) is 11.3 Å². The first-order chi connectivity index (χ1) is 38.5. The van der Waals surface area contributed by atoms with Gasteiger partial charge in [-0.3, -0.25) is 24.0 Å². The number of halogens is 4. The lowest BCUT2D eigenvalue weighted by Crippen LogP contribution is -2.59. The number of piperidine rings is 1. The number of benzene rings is 2. The molecular formula is C56H71F4N11O9S. The second-order valence-electron chi connectivity index (χ2n) is 22.7. The molecule has 3 aliphatic heterocycles. The standard InChI is InChI=1S/C56H71F4N11O9S/c1-32-45(81-31-63-32)33-11-12-34(27-61-49(74)41-24-37(72)29-70(41)50(75)46(54(2,3)4)66-51(76)55(58)15-16-55)43(23-33)80-22-21-79-20-19-69-17-13-35(14-18-69)64-48(73)38-25-44(78-6)40(26-39(38)57)65-53-62-28-42-47(67-53)71(36-9-7-8-10-36)30-56(59,60)52(77)68(42)5/h11-12,23,25-26,28,31,35-37,41,46,72H,7-10,13-22,24,27,29-30H2,1-6H3,(H,61,74)(H,64,73)(H,66,76)(H,62,65,67)/t37-,41+,46-/m1/s1. The van der Waals surface area contributed by atoms with Gasteiger partial charge in [0.25, 0.3) is 17.7 Å². The number of hydrogen-bond acceptors (Lipinski definition) is 16. The van der Waals surface area contributed by atoms with Crippen molar-refractivity contribution in [3.63, 3.8) is 0 Å². The Morgan fingerprint density at radius 1 is 0.975 bits per heavy atom. The summed E-state index contributed by atoms with van der Waals surface area (Å²) in [4.78, 5) is 86.7. The monoisotopic (exact) mass is 1150 g/mol. The Hall–Kier alpha value is -6.70. The fourth-order valence-corrected chi connectivity index (χ4v) is 11.7. The molecule has 5 N–H and O–H groups in total. The van der Waals surface area contributed by atoms with Crippen molar-refractivity contribution in [3.05, 3.63) is 64.7 Å². The number of hydrogen-bond donors (Lipinski definition) is 5. The fourth-order valence-electron chi connectivity index (χ4n) is 10.9. The predicted molar refractivity (Wildman–Crippen MR) is 294 cm³/mol. The van der Waals surface area contributed by atoms with Crippen LogP contribution in [-0.4, -0.2) is 168 Å². The summed E-state index contributed by atoms with van der Waals surface area (Å²) in [6.07, 6.45) is 4.71. The smallest absolute Gasteiger partial charge is 0.342 e. The first-order valence-electron chi connectivity index (χ1n) is 27.5. The molecule has 2 saturated carbocycles. The molecule has 0 spiro atoms. The van der Waals surface area contributed by atoms with Gasteiger partial charge in [0.1, 0.15) is 41.7 Å². The van der Waals surface area contributed by atoms with Crippen molar-refractivity contribution in [2.75, 3.05) is 81.8 Å². The maximum Gasteiger partial charge on any atom is 0.342 e. The van der Waals surface area contributed by atoms with Crippen molar-refractivity contribution < 1.29 is 60.9 Å². The van der Waals surface area contributed by atoms with Crippen LogP contribution < -0.4 is 40.5 Å². The van der Waals surface area contributed by atoms with Crippen molar-refractivity contribution >= 4 is 64.0 Å². The minimum atomic E-state index is -3.65. The highest BCUT2D eigenvalue weighted by molar-refractivity contribution is 7.13. The number of nitrogens with zero attached hydrogens (tertiary/aromatic N) is 7. The molecule has 20 nitrogen and oxygen atoms in total. The van der Waals surface area contributed by atoms with Gasteiger partial charge in [0.2, 0.25) is 17.8 Å². The summed E-state index contributed by atoms with van der Waals surface area (Å²) < 4.78 is 78.5. The van der Waals surface area contributed by atoms with Crippen LogP contribution in [0.2, 0.25) is 0 Å². The molecule has 4 fully saturated rings. The third-order valence-electron chi connectivity index (χ3n) is 15.8. The molecule has 0 bridgehead atoms. The summed E-state index contributed by atoms with van der Waals surface area (Å²) >= 11 is 1.48. The number of ether oxygens (including phenoxy) is 3. The Kier molecular flexibility index (Phi) is 17.8. The normalized spacial score (nSPS) is 20.6. The number of anilines is 4. The van der Waals surface area contributed by atoms with E-state index in [1.54, 1.807) is 26.3 Å². The van der Waals surface area contributed by atoms with Gasteiger partial charge in [-0.1, -0.05) is 45.7 Å². The number of alkyl halides is 3. The second kappa shape index (κ2) is 24.4. The van der Waals surface area contributed by atoms with Crippen molar-refractivity contribution in [1.29, 1.82) is 0 Å². The third-order valence-corrected chi connectivity index (χ3v) is 16.7. The van der Waals surface area contributed by atoms with Gasteiger partial charge in [0, 0.05) is 69.9 Å². The predicted octanol–water partition coefficient (Wildman–Crippen LogP) is 6.06. The highest BCUT2D eigenvalue weighted by atomic mass is 32.1. The lowest BCUT2D eigenvalue weighted by Gasteiger charge is -2.35. The van der Waals surface area contributed by atoms with E-state index in [9.17, 15) is 33.5 Å². The van der Waals surface area contributed by atoms with E-state index in [4.69, 9.17) is 14.2 Å². The van der Waals surface area contributed by atoms with Crippen molar-refractivity contribution in [2.24, 2.45) is 5.41 Å². The van der Waals surface area contributed by atoms with Crippen LogP contribution in [0.3, 0.4) is 0 Å². The molecular weight excluding hydrogens is 1080 g/mol. The van der Waals surface area contributed by atoms with Crippen LogP contribution in [0, 0.1) is 18.2 Å². The average molecular weight is 1150 g/mol. The zero-order valence-corrected chi connectivity index (χ0v) is 47.2.